The number of fused-ring (bicyclic) bond motifs is 1. The van der Waals surface area contributed by atoms with Crippen LogP contribution in [0.25, 0.3) is 11.4 Å². The van der Waals surface area contributed by atoms with Crippen molar-refractivity contribution < 1.29 is 9.18 Å². The smallest absolute Gasteiger partial charge is 0.254 e. The number of hydrogen-bond donors (Lipinski definition) is 0. The summed E-state index contributed by atoms with van der Waals surface area (Å²) in [5, 5.41) is 0. The van der Waals surface area contributed by atoms with Crippen molar-refractivity contribution in [2.45, 2.75) is 26.8 Å². The van der Waals surface area contributed by atoms with Gasteiger partial charge in [0, 0.05) is 42.4 Å². The molecule has 0 fully saturated rings. The van der Waals surface area contributed by atoms with Crippen LogP contribution in [0.15, 0.2) is 48.7 Å². The van der Waals surface area contributed by atoms with Crippen molar-refractivity contribution >= 4 is 5.91 Å². The average Bonchev–Trinajstić information content (AvgIpc) is 2.69. The molecule has 2 heterocycles. The second-order valence-corrected chi connectivity index (χ2v) is 6.97. The zero-order valence-electron chi connectivity index (χ0n) is 15.4. The van der Waals surface area contributed by atoms with Crippen LogP contribution < -0.4 is 0 Å². The molecule has 1 aliphatic heterocycles. The van der Waals surface area contributed by atoms with Crippen molar-refractivity contribution in [1.82, 2.24) is 14.9 Å². The Kier molecular flexibility index (Phi) is 4.44. The lowest BCUT2D eigenvalue weighted by Gasteiger charge is -2.29. The van der Waals surface area contributed by atoms with Crippen LogP contribution in [0.3, 0.4) is 0 Å². The topological polar surface area (TPSA) is 46.1 Å². The molecule has 0 N–H and O–H groups in total. The van der Waals surface area contributed by atoms with Gasteiger partial charge in [0.1, 0.15) is 5.82 Å². The summed E-state index contributed by atoms with van der Waals surface area (Å²) in [6.45, 7) is 5.08. The number of benzene rings is 2. The molecular weight excluding hydrogens is 341 g/mol. The zero-order valence-corrected chi connectivity index (χ0v) is 15.4. The normalized spacial score (nSPS) is 13.4. The monoisotopic (exact) mass is 361 g/mol. The van der Waals surface area contributed by atoms with E-state index >= 15 is 0 Å². The van der Waals surface area contributed by atoms with Gasteiger partial charge in [-0.1, -0.05) is 17.7 Å². The predicted octanol–water partition coefficient (Wildman–Crippen LogP) is 4.10. The molecule has 0 unspecified atom stereocenters. The Balaban J connectivity index is 1.58. The first kappa shape index (κ1) is 17.3. The van der Waals surface area contributed by atoms with Gasteiger partial charge >= 0.3 is 0 Å². The fourth-order valence-corrected chi connectivity index (χ4v) is 3.36. The summed E-state index contributed by atoms with van der Waals surface area (Å²) in [5.74, 6) is 0.352. The van der Waals surface area contributed by atoms with E-state index in [1.54, 1.807) is 18.3 Å². The number of hydrogen-bond acceptors (Lipinski definition) is 3. The van der Waals surface area contributed by atoms with E-state index < -0.39 is 0 Å². The van der Waals surface area contributed by atoms with Gasteiger partial charge in [0.2, 0.25) is 0 Å². The van der Waals surface area contributed by atoms with Crippen LogP contribution >= 0.6 is 0 Å². The molecule has 1 aliphatic rings. The number of carbonyl (C=O) groups is 1. The van der Waals surface area contributed by atoms with Gasteiger partial charge in [0.05, 0.1) is 5.69 Å². The van der Waals surface area contributed by atoms with Crippen molar-refractivity contribution in [2.75, 3.05) is 6.54 Å². The Morgan fingerprint density at radius 3 is 2.67 bits per heavy atom. The summed E-state index contributed by atoms with van der Waals surface area (Å²) in [6, 6.07) is 12.1. The number of carbonyl (C=O) groups excluding carboxylic acids is 1. The lowest BCUT2D eigenvalue weighted by molar-refractivity contribution is 0.0732. The van der Waals surface area contributed by atoms with Crippen molar-refractivity contribution in [1.29, 1.82) is 0 Å². The van der Waals surface area contributed by atoms with Crippen LogP contribution in [0.4, 0.5) is 4.39 Å². The van der Waals surface area contributed by atoms with E-state index in [4.69, 9.17) is 0 Å². The van der Waals surface area contributed by atoms with Crippen LogP contribution in [-0.2, 0) is 13.0 Å². The van der Waals surface area contributed by atoms with Gasteiger partial charge in [-0.25, -0.2) is 14.4 Å². The summed E-state index contributed by atoms with van der Waals surface area (Å²) >= 11 is 0. The Morgan fingerprint density at radius 1 is 1.11 bits per heavy atom. The van der Waals surface area contributed by atoms with Crippen molar-refractivity contribution in [3.63, 3.8) is 0 Å². The van der Waals surface area contributed by atoms with Crippen LogP contribution in [0.2, 0.25) is 0 Å². The molecule has 1 aromatic heterocycles. The summed E-state index contributed by atoms with van der Waals surface area (Å²) in [6.07, 6.45) is 2.46. The number of halogens is 1. The lowest BCUT2D eigenvalue weighted by atomic mass is 10.0. The van der Waals surface area contributed by atoms with E-state index in [1.165, 1.54) is 12.1 Å². The van der Waals surface area contributed by atoms with Gasteiger partial charge in [-0.3, -0.25) is 4.79 Å². The highest BCUT2D eigenvalue weighted by Gasteiger charge is 2.24. The van der Waals surface area contributed by atoms with Crippen LogP contribution in [0.5, 0.6) is 0 Å². The number of aromatic nitrogens is 2. The molecule has 0 aliphatic carbocycles. The third-order valence-corrected chi connectivity index (χ3v) is 4.95. The summed E-state index contributed by atoms with van der Waals surface area (Å²) in [7, 11) is 0. The third-order valence-electron chi connectivity index (χ3n) is 4.95. The van der Waals surface area contributed by atoms with E-state index in [-0.39, 0.29) is 11.7 Å². The van der Waals surface area contributed by atoms with Crippen molar-refractivity contribution in [3.05, 3.63) is 82.4 Å². The molecular formula is C22H20FN3O. The molecule has 0 radical (unpaired) electrons. The Bertz CT molecular complexity index is 1010. The fraction of sp³-hybridized carbons (Fsp3) is 0.227. The number of aryl methyl sites for hydroxylation is 2. The molecule has 0 bridgehead atoms. The molecule has 5 heteroatoms. The van der Waals surface area contributed by atoms with E-state index in [2.05, 4.69) is 9.97 Å². The second-order valence-electron chi connectivity index (χ2n) is 6.97. The molecule has 4 rings (SSSR count). The van der Waals surface area contributed by atoms with E-state index in [0.717, 1.165) is 33.5 Å². The molecule has 3 aromatic rings. The van der Waals surface area contributed by atoms with Gasteiger partial charge in [-0.05, 0) is 49.7 Å². The first-order valence-corrected chi connectivity index (χ1v) is 8.98. The molecule has 0 saturated carbocycles. The van der Waals surface area contributed by atoms with Gasteiger partial charge in [-0.2, -0.15) is 0 Å². The van der Waals surface area contributed by atoms with Gasteiger partial charge in [0.15, 0.2) is 5.82 Å². The molecule has 136 valence electrons. The van der Waals surface area contributed by atoms with Gasteiger partial charge in [-0.15, -0.1) is 0 Å². The lowest BCUT2D eigenvalue weighted by Crippen LogP contribution is -2.36. The largest absolute Gasteiger partial charge is 0.334 e. The maximum Gasteiger partial charge on any atom is 0.254 e. The molecule has 0 saturated heterocycles. The maximum absolute atomic E-state index is 13.1. The minimum atomic E-state index is -0.280. The minimum Gasteiger partial charge on any atom is -0.334 e. The third kappa shape index (κ3) is 3.45. The minimum absolute atomic E-state index is 0.0458. The summed E-state index contributed by atoms with van der Waals surface area (Å²) < 4.78 is 13.1. The number of nitrogens with zero attached hydrogens (tertiary/aromatic N) is 3. The highest BCUT2D eigenvalue weighted by Crippen LogP contribution is 2.23. The van der Waals surface area contributed by atoms with E-state index in [0.29, 0.717) is 25.3 Å². The molecule has 1 amide bonds. The second kappa shape index (κ2) is 6.91. The maximum atomic E-state index is 13.1. The van der Waals surface area contributed by atoms with Crippen molar-refractivity contribution in [3.8, 4) is 11.4 Å². The predicted molar refractivity (Wildman–Crippen MR) is 102 cm³/mol. The van der Waals surface area contributed by atoms with E-state index in [1.807, 2.05) is 36.9 Å². The Morgan fingerprint density at radius 2 is 1.89 bits per heavy atom. The zero-order chi connectivity index (χ0) is 19.0. The fourth-order valence-electron chi connectivity index (χ4n) is 3.36. The van der Waals surface area contributed by atoms with Crippen LogP contribution in [-0.4, -0.2) is 27.3 Å². The SMILES string of the molecule is Cc1ccc(C)c(C(=O)N2CCc3nc(-c4ccc(F)cc4)ncc3C2)c1. The molecule has 0 spiro atoms. The van der Waals surface area contributed by atoms with Crippen LogP contribution in [0, 0.1) is 19.7 Å². The van der Waals surface area contributed by atoms with Gasteiger partial charge < -0.3 is 4.90 Å². The Labute approximate surface area is 157 Å². The van der Waals surface area contributed by atoms with Gasteiger partial charge in [0.25, 0.3) is 5.91 Å². The van der Waals surface area contributed by atoms with E-state index in [9.17, 15) is 9.18 Å². The molecule has 0 atom stereocenters. The molecule has 2 aromatic carbocycles. The standard InChI is InChI=1S/C22H20FN3O/c1-14-3-4-15(2)19(11-14)22(27)26-10-9-20-17(13-26)12-24-21(25-20)16-5-7-18(23)8-6-16/h3-8,11-12H,9-10,13H2,1-2H3. The summed E-state index contributed by atoms with van der Waals surface area (Å²) in [5.41, 5.74) is 5.52. The number of amides is 1. The quantitative estimate of drug-likeness (QED) is 0.690. The first-order chi connectivity index (χ1) is 13.0. The highest BCUT2D eigenvalue weighted by atomic mass is 19.1. The first-order valence-electron chi connectivity index (χ1n) is 8.98. The molecule has 27 heavy (non-hydrogen) atoms. The average molecular weight is 361 g/mol. The molecule has 4 nitrogen and oxygen atoms in total. The highest BCUT2D eigenvalue weighted by molar-refractivity contribution is 5.96. The Hall–Kier alpha value is -3.08. The van der Waals surface area contributed by atoms with Crippen molar-refractivity contribution in [2.24, 2.45) is 0 Å². The number of rotatable bonds is 2. The van der Waals surface area contributed by atoms with Crippen LogP contribution in [0.1, 0.15) is 32.7 Å². The summed E-state index contributed by atoms with van der Waals surface area (Å²) in [4.78, 5) is 23.9.